The van der Waals surface area contributed by atoms with Gasteiger partial charge in [0.15, 0.2) is 22.2 Å². The van der Waals surface area contributed by atoms with Crippen LogP contribution in [-0.4, -0.2) is 173 Å². The van der Waals surface area contributed by atoms with Crippen molar-refractivity contribution in [3.05, 3.63) is 96.1 Å². The Balaban J connectivity index is 0.0000132. The number of hydrogen-bond acceptors (Lipinski definition) is 36. The molecule has 34 nitrogen and oxygen atoms in total. The average Bonchev–Trinajstić information content (AvgIpc) is 3.57. The maximum Gasteiger partial charge on any atom is 1.00 e. The molecule has 41 heteroatoms. The van der Waals surface area contributed by atoms with Gasteiger partial charge in [0.1, 0.15) is 16.7 Å². The molecule has 11 N–H and O–H groups in total. The SMILES string of the molecule is O=S(=O)(O)OCCS(=O)(=O)c1ccc(Nc2nc(Nc3ccc(/C=C/c4ccc(Nc5nc(Nc6ccc(SOOCCOSOOO)cc6)nc(N(CCO)CCO)n5)cc4S(=O)(=O)[O-])c(SOOO)c3)nc(N(CCO)CCO)n2)cc1.[Na+]. The van der Waals surface area contributed by atoms with Crippen LogP contribution in [0.1, 0.15) is 11.1 Å². The van der Waals surface area contributed by atoms with Crippen LogP contribution in [0.3, 0.4) is 0 Å². The Morgan fingerprint density at radius 1 is 0.553 bits per heavy atom. The number of benzene rings is 4. The summed E-state index contributed by atoms with van der Waals surface area (Å²) in [5, 5.41) is 75.4. The first kappa shape index (κ1) is 70.5. The van der Waals surface area contributed by atoms with Crippen LogP contribution in [0.4, 0.5) is 58.4 Å². The summed E-state index contributed by atoms with van der Waals surface area (Å²) in [5.41, 5.74) is 1.36. The van der Waals surface area contributed by atoms with Gasteiger partial charge in [-0.25, -0.2) is 36.4 Å². The quantitative estimate of drug-likeness (QED) is 0.00483. The van der Waals surface area contributed by atoms with Gasteiger partial charge in [0.2, 0.25) is 35.7 Å². The van der Waals surface area contributed by atoms with Crippen molar-refractivity contribution < 1.29 is 131 Å². The molecule has 0 bridgehead atoms. The Hall–Kier alpha value is -5.30. The molecule has 85 heavy (non-hydrogen) atoms. The number of hydrogen-bond donors (Lipinski definition) is 11. The molecule has 2 heterocycles. The van der Waals surface area contributed by atoms with Crippen molar-refractivity contribution in [2.45, 2.75) is 19.6 Å². The summed E-state index contributed by atoms with van der Waals surface area (Å²) < 4.78 is 117. The van der Waals surface area contributed by atoms with Gasteiger partial charge in [0.25, 0.3) is 0 Å². The molecule has 6 aromatic rings. The van der Waals surface area contributed by atoms with E-state index in [-0.39, 0.29) is 163 Å². The molecule has 0 unspecified atom stereocenters. The van der Waals surface area contributed by atoms with E-state index in [0.717, 1.165) is 18.1 Å². The second-order valence-electron chi connectivity index (χ2n) is 16.1. The zero-order valence-electron chi connectivity index (χ0n) is 44.0. The van der Waals surface area contributed by atoms with Crippen molar-refractivity contribution >= 4 is 137 Å². The Bertz CT molecular complexity index is 3440. The zero-order valence-corrected chi connectivity index (χ0v) is 50.9. The van der Waals surface area contributed by atoms with E-state index in [1.54, 1.807) is 30.3 Å². The van der Waals surface area contributed by atoms with E-state index in [0.29, 0.717) is 40.5 Å². The van der Waals surface area contributed by atoms with Gasteiger partial charge in [0.05, 0.1) is 79.3 Å². The molecule has 0 radical (unpaired) electrons. The Morgan fingerprint density at radius 2 is 1.02 bits per heavy atom. The van der Waals surface area contributed by atoms with Gasteiger partial charge < -0.3 is 56.0 Å². The number of nitrogens with one attached hydrogen (secondary N) is 4. The van der Waals surface area contributed by atoms with Crippen LogP contribution < -0.4 is 60.6 Å². The van der Waals surface area contributed by atoms with Crippen LogP contribution in [0.25, 0.3) is 12.2 Å². The number of nitrogens with zero attached hydrogens (tertiary/aromatic N) is 8. The van der Waals surface area contributed by atoms with Crippen LogP contribution in [0.2, 0.25) is 0 Å². The third kappa shape index (κ3) is 23.7. The van der Waals surface area contributed by atoms with Crippen LogP contribution in [0.15, 0.2) is 105 Å². The van der Waals surface area contributed by atoms with Crippen LogP contribution in [0, 0.1) is 0 Å². The topological polar surface area (TPSA) is 473 Å². The van der Waals surface area contributed by atoms with E-state index in [2.05, 4.69) is 69.8 Å². The molecule has 0 saturated carbocycles. The van der Waals surface area contributed by atoms with E-state index in [1.807, 2.05) is 0 Å². The molecule has 0 atom stereocenters. The predicted octanol–water partition coefficient (Wildman–Crippen LogP) is 0.669. The van der Waals surface area contributed by atoms with Gasteiger partial charge in [-0.15, -0.1) is 8.67 Å². The molecule has 0 amide bonds. The third-order valence-corrected chi connectivity index (χ3v) is 15.1. The van der Waals surface area contributed by atoms with E-state index in [4.69, 9.17) is 32.8 Å². The van der Waals surface area contributed by atoms with Crippen molar-refractivity contribution in [2.75, 3.05) is 109 Å². The summed E-state index contributed by atoms with van der Waals surface area (Å²) in [6.07, 6.45) is 2.76. The number of aliphatic hydroxyl groups is 4. The minimum absolute atomic E-state index is 0. The standard InChI is InChI=1S/C44H52N12O22S6.Na/c57-19-15-55(16-20-58)43-52-40(46-32-9-13-36(14-10-32)82(63,64)26-25-73-84(68,69)70)49-41(53-43)47-33-5-3-29(37(27-33)80-77-74-61)1-2-30-4-6-34(28-38(30)83(65,66)67)48-42-50-39(51-44(54-42)56(17-21-59)18-22-60)45-31-7-11-35(12-8-31)79-76-71-23-24-72-81-78-75-62;/h1-14,27-28,57-62H,15-26H2,(H,65,66,67)(H,68,69,70)(H2,45,48,50,51,54)(H2,46,47,49,52,53);/q;+1/p-1/b2-1+;. The van der Waals surface area contributed by atoms with Gasteiger partial charge in [-0.2, -0.15) is 42.7 Å². The van der Waals surface area contributed by atoms with Crippen molar-refractivity contribution in [2.24, 2.45) is 0 Å². The van der Waals surface area contributed by atoms with Crippen LogP contribution >= 0.6 is 36.4 Å². The Morgan fingerprint density at radius 3 is 1.52 bits per heavy atom. The predicted molar refractivity (Wildman–Crippen MR) is 300 cm³/mol. The summed E-state index contributed by atoms with van der Waals surface area (Å²) in [6, 6.07) is 20.2. The fourth-order valence-electron chi connectivity index (χ4n) is 6.82. The van der Waals surface area contributed by atoms with Gasteiger partial charge in [-0.1, -0.05) is 34.4 Å². The molecular formula is C44H51N12NaO22S6. The summed E-state index contributed by atoms with van der Waals surface area (Å²) in [5.74, 6) is -1.15. The van der Waals surface area contributed by atoms with Crippen molar-refractivity contribution in [1.82, 2.24) is 29.9 Å². The molecular weight excluding hydrogens is 1260 g/mol. The maximum atomic E-state index is 12.8. The molecule has 4 aromatic carbocycles. The second-order valence-corrected chi connectivity index (χ2v) is 22.6. The summed E-state index contributed by atoms with van der Waals surface area (Å²) >= 11 is 1.80. The summed E-state index contributed by atoms with van der Waals surface area (Å²) in [4.78, 5) is 34.4. The fraction of sp³-hybridized carbons (Fsp3) is 0.273. The number of rotatable bonds is 38. The molecule has 0 saturated heterocycles. The second kappa shape index (κ2) is 35.5. The molecule has 0 aliphatic rings. The monoisotopic (exact) mass is 1310 g/mol. The molecule has 456 valence electrons. The third-order valence-electron chi connectivity index (χ3n) is 10.4. The van der Waals surface area contributed by atoms with Crippen molar-refractivity contribution in [3.8, 4) is 0 Å². The minimum Gasteiger partial charge on any atom is -0.744 e. The number of aromatic nitrogens is 6. The molecule has 0 spiro atoms. The van der Waals surface area contributed by atoms with E-state index >= 15 is 0 Å². The first-order valence-corrected chi connectivity index (χ1v) is 30.3. The Kier molecular flexibility index (Phi) is 29.4. The number of anilines is 10. The van der Waals surface area contributed by atoms with Gasteiger partial charge in [-0.05, 0) is 83.9 Å². The minimum atomic E-state index is -5.19. The zero-order chi connectivity index (χ0) is 60.5. The van der Waals surface area contributed by atoms with Gasteiger partial charge in [0, 0.05) is 58.7 Å². The number of aliphatic hydroxyl groups excluding tert-OH is 4. The van der Waals surface area contributed by atoms with Crippen LogP contribution in [-0.2, 0) is 66.7 Å². The molecule has 6 rings (SSSR count). The largest absolute Gasteiger partial charge is 1.00 e. The van der Waals surface area contributed by atoms with Crippen molar-refractivity contribution in [3.63, 3.8) is 0 Å². The summed E-state index contributed by atoms with van der Waals surface area (Å²) in [7, 11) is -14.1. The average molecular weight is 1320 g/mol. The fourth-order valence-corrected chi connectivity index (χ4v) is 10.2. The van der Waals surface area contributed by atoms with E-state index in [1.165, 1.54) is 70.5 Å². The first-order chi connectivity index (χ1) is 40.3. The molecule has 0 aliphatic heterocycles. The summed E-state index contributed by atoms with van der Waals surface area (Å²) in [6.45, 7) is -2.20. The van der Waals surface area contributed by atoms with E-state index < -0.39 is 47.6 Å². The Labute approximate surface area is 519 Å². The van der Waals surface area contributed by atoms with Crippen LogP contribution in [0.5, 0.6) is 0 Å². The smallest absolute Gasteiger partial charge is 0.744 e. The first-order valence-electron chi connectivity index (χ1n) is 23.7. The van der Waals surface area contributed by atoms with Gasteiger partial charge in [-0.3, -0.25) is 8.74 Å². The van der Waals surface area contributed by atoms with E-state index in [9.17, 15) is 50.2 Å². The number of sulfone groups is 1. The maximum absolute atomic E-state index is 12.8. The molecule has 0 fully saturated rings. The normalized spacial score (nSPS) is 11.8. The molecule has 2 aromatic heterocycles. The molecule has 0 aliphatic carbocycles. The van der Waals surface area contributed by atoms with Gasteiger partial charge >= 0.3 is 40.0 Å². The van der Waals surface area contributed by atoms with Crippen molar-refractivity contribution in [1.29, 1.82) is 0 Å².